The van der Waals surface area contributed by atoms with Crippen LogP contribution in [0.25, 0.3) is 11.4 Å². The van der Waals surface area contributed by atoms with Crippen LogP contribution in [-0.4, -0.2) is 17.1 Å². The van der Waals surface area contributed by atoms with Gasteiger partial charge in [-0.15, -0.1) is 0 Å². The zero-order valence-corrected chi connectivity index (χ0v) is 9.97. The number of hydrogen-bond acceptors (Lipinski definition) is 4. The number of aryl methyl sites for hydroxylation is 1. The van der Waals surface area contributed by atoms with Gasteiger partial charge < -0.3 is 10.5 Å². The molecule has 2 rings (SSSR count). The van der Waals surface area contributed by atoms with E-state index < -0.39 is 0 Å². The quantitative estimate of drug-likeness (QED) is 0.873. The van der Waals surface area contributed by atoms with Gasteiger partial charge in [0.2, 0.25) is 0 Å². The van der Waals surface area contributed by atoms with E-state index >= 15 is 0 Å². The zero-order valence-electron chi connectivity index (χ0n) is 9.97. The molecular formula is C13H15N3O. The summed E-state index contributed by atoms with van der Waals surface area (Å²) in [4.78, 5) is 8.60. The standard InChI is InChI=1S/C13H15N3O/c1-9-3-4-12(17-2)11(5-9)13-15-7-10(6-14)8-16-13/h3-5,7-8H,6,14H2,1-2H3. The Morgan fingerprint density at radius 3 is 2.53 bits per heavy atom. The Labute approximate surface area is 100 Å². The van der Waals surface area contributed by atoms with Crippen molar-refractivity contribution in [2.45, 2.75) is 13.5 Å². The molecule has 0 aliphatic rings. The molecular weight excluding hydrogens is 214 g/mol. The van der Waals surface area contributed by atoms with Crippen LogP contribution in [0.2, 0.25) is 0 Å². The van der Waals surface area contributed by atoms with Crippen LogP contribution in [0.3, 0.4) is 0 Å². The van der Waals surface area contributed by atoms with E-state index in [2.05, 4.69) is 9.97 Å². The minimum Gasteiger partial charge on any atom is -0.496 e. The summed E-state index contributed by atoms with van der Waals surface area (Å²) in [6, 6.07) is 5.93. The highest BCUT2D eigenvalue weighted by atomic mass is 16.5. The molecule has 0 bridgehead atoms. The Morgan fingerprint density at radius 1 is 1.24 bits per heavy atom. The average molecular weight is 229 g/mol. The number of ether oxygens (including phenoxy) is 1. The lowest BCUT2D eigenvalue weighted by Gasteiger charge is -2.08. The largest absolute Gasteiger partial charge is 0.496 e. The lowest BCUT2D eigenvalue weighted by Crippen LogP contribution is -2.00. The smallest absolute Gasteiger partial charge is 0.162 e. The molecule has 0 aliphatic heterocycles. The molecule has 0 radical (unpaired) electrons. The van der Waals surface area contributed by atoms with E-state index in [4.69, 9.17) is 10.5 Å². The predicted molar refractivity (Wildman–Crippen MR) is 66.6 cm³/mol. The maximum Gasteiger partial charge on any atom is 0.162 e. The van der Waals surface area contributed by atoms with Crippen LogP contribution < -0.4 is 10.5 Å². The third-order valence-corrected chi connectivity index (χ3v) is 2.54. The number of methoxy groups -OCH3 is 1. The molecule has 1 aromatic heterocycles. The fourth-order valence-electron chi connectivity index (χ4n) is 1.60. The third-order valence-electron chi connectivity index (χ3n) is 2.54. The van der Waals surface area contributed by atoms with Crippen LogP contribution in [0, 0.1) is 6.92 Å². The topological polar surface area (TPSA) is 61.0 Å². The highest BCUT2D eigenvalue weighted by molar-refractivity contribution is 5.64. The van der Waals surface area contributed by atoms with Gasteiger partial charge in [-0.05, 0) is 19.1 Å². The first-order valence-electron chi connectivity index (χ1n) is 5.40. The van der Waals surface area contributed by atoms with Gasteiger partial charge in [0.1, 0.15) is 5.75 Å². The minimum absolute atomic E-state index is 0.450. The maximum absolute atomic E-state index is 5.51. The van der Waals surface area contributed by atoms with E-state index in [9.17, 15) is 0 Å². The van der Waals surface area contributed by atoms with Crippen LogP contribution in [0.4, 0.5) is 0 Å². The molecule has 0 saturated carbocycles. The SMILES string of the molecule is COc1ccc(C)cc1-c1ncc(CN)cn1. The molecule has 88 valence electrons. The van der Waals surface area contributed by atoms with Crippen molar-refractivity contribution in [1.29, 1.82) is 0 Å². The summed E-state index contributed by atoms with van der Waals surface area (Å²) in [5.41, 5.74) is 8.48. The van der Waals surface area contributed by atoms with Gasteiger partial charge in [-0.25, -0.2) is 9.97 Å². The molecule has 4 heteroatoms. The molecule has 0 aliphatic carbocycles. The van der Waals surface area contributed by atoms with Crippen LogP contribution in [0.1, 0.15) is 11.1 Å². The second-order valence-electron chi connectivity index (χ2n) is 3.82. The first-order chi connectivity index (χ1) is 8.24. The van der Waals surface area contributed by atoms with Crippen LogP contribution in [0.15, 0.2) is 30.6 Å². The Kier molecular flexibility index (Phi) is 3.35. The van der Waals surface area contributed by atoms with Gasteiger partial charge in [0.15, 0.2) is 5.82 Å². The monoisotopic (exact) mass is 229 g/mol. The normalized spacial score (nSPS) is 10.3. The number of aromatic nitrogens is 2. The Bertz CT molecular complexity index is 509. The fraction of sp³-hybridized carbons (Fsp3) is 0.231. The third kappa shape index (κ3) is 2.42. The molecule has 0 saturated heterocycles. The molecule has 0 fully saturated rings. The fourth-order valence-corrected chi connectivity index (χ4v) is 1.60. The van der Waals surface area contributed by atoms with Crippen LogP contribution >= 0.6 is 0 Å². The first-order valence-corrected chi connectivity index (χ1v) is 5.40. The molecule has 4 nitrogen and oxygen atoms in total. The van der Waals surface area contributed by atoms with Gasteiger partial charge in [0, 0.05) is 24.5 Å². The summed E-state index contributed by atoms with van der Waals surface area (Å²) in [6.45, 7) is 2.47. The van der Waals surface area contributed by atoms with Crippen molar-refractivity contribution in [3.8, 4) is 17.1 Å². The highest BCUT2D eigenvalue weighted by Gasteiger charge is 2.08. The van der Waals surface area contributed by atoms with Gasteiger partial charge in [-0.3, -0.25) is 0 Å². The van der Waals surface area contributed by atoms with Crippen molar-refractivity contribution in [2.24, 2.45) is 5.73 Å². The molecule has 2 N–H and O–H groups in total. The van der Waals surface area contributed by atoms with Gasteiger partial charge in [0.05, 0.1) is 12.7 Å². The summed E-state index contributed by atoms with van der Waals surface area (Å²) < 4.78 is 5.31. The molecule has 0 amide bonds. The van der Waals surface area contributed by atoms with Crippen molar-refractivity contribution in [3.05, 3.63) is 41.7 Å². The second kappa shape index (κ2) is 4.93. The number of nitrogens with two attached hydrogens (primary N) is 1. The van der Waals surface area contributed by atoms with Crippen LogP contribution in [-0.2, 0) is 6.54 Å². The Balaban J connectivity index is 2.47. The summed E-state index contributed by atoms with van der Waals surface area (Å²) in [5, 5.41) is 0. The molecule has 0 atom stereocenters. The summed E-state index contributed by atoms with van der Waals surface area (Å²) >= 11 is 0. The molecule has 17 heavy (non-hydrogen) atoms. The molecule has 2 aromatic rings. The second-order valence-corrected chi connectivity index (χ2v) is 3.82. The summed E-state index contributed by atoms with van der Waals surface area (Å²) in [7, 11) is 1.64. The molecule has 1 heterocycles. The van der Waals surface area contributed by atoms with Gasteiger partial charge in [-0.2, -0.15) is 0 Å². The molecule has 1 aromatic carbocycles. The average Bonchev–Trinajstić information content (AvgIpc) is 2.39. The Hall–Kier alpha value is -1.94. The van der Waals surface area contributed by atoms with E-state index in [0.29, 0.717) is 12.4 Å². The maximum atomic E-state index is 5.51. The van der Waals surface area contributed by atoms with Crippen molar-refractivity contribution in [3.63, 3.8) is 0 Å². The van der Waals surface area contributed by atoms with E-state index in [1.165, 1.54) is 0 Å². The van der Waals surface area contributed by atoms with E-state index in [-0.39, 0.29) is 0 Å². The number of benzene rings is 1. The summed E-state index contributed by atoms with van der Waals surface area (Å²) in [6.07, 6.45) is 3.48. The lowest BCUT2D eigenvalue weighted by molar-refractivity contribution is 0.416. The van der Waals surface area contributed by atoms with Crippen molar-refractivity contribution in [1.82, 2.24) is 9.97 Å². The van der Waals surface area contributed by atoms with E-state index in [1.54, 1.807) is 19.5 Å². The van der Waals surface area contributed by atoms with Crippen molar-refractivity contribution >= 4 is 0 Å². The van der Waals surface area contributed by atoms with Crippen molar-refractivity contribution in [2.75, 3.05) is 7.11 Å². The Morgan fingerprint density at radius 2 is 1.94 bits per heavy atom. The van der Waals surface area contributed by atoms with Crippen molar-refractivity contribution < 1.29 is 4.74 Å². The van der Waals surface area contributed by atoms with E-state index in [0.717, 1.165) is 22.4 Å². The molecule has 0 unspecified atom stereocenters. The van der Waals surface area contributed by atoms with Gasteiger partial charge in [0.25, 0.3) is 0 Å². The highest BCUT2D eigenvalue weighted by Crippen LogP contribution is 2.27. The number of hydrogen-bond donors (Lipinski definition) is 1. The van der Waals surface area contributed by atoms with Gasteiger partial charge in [-0.1, -0.05) is 11.6 Å². The lowest BCUT2D eigenvalue weighted by atomic mass is 10.1. The number of nitrogens with zero attached hydrogens (tertiary/aromatic N) is 2. The molecule has 0 spiro atoms. The summed E-state index contributed by atoms with van der Waals surface area (Å²) in [5.74, 6) is 1.43. The van der Waals surface area contributed by atoms with E-state index in [1.807, 2.05) is 25.1 Å². The minimum atomic E-state index is 0.450. The number of rotatable bonds is 3. The predicted octanol–water partition coefficient (Wildman–Crippen LogP) is 1.92. The van der Waals surface area contributed by atoms with Gasteiger partial charge >= 0.3 is 0 Å². The zero-order chi connectivity index (χ0) is 12.3. The van der Waals surface area contributed by atoms with Crippen LogP contribution in [0.5, 0.6) is 5.75 Å². The first kappa shape index (κ1) is 11.5.